The number of hydrogen-bond acceptors (Lipinski definition) is 2. The van der Waals surface area contributed by atoms with E-state index in [9.17, 15) is 0 Å². The summed E-state index contributed by atoms with van der Waals surface area (Å²) in [6.45, 7) is 0.661. The SMILES string of the molecule is OCCn1cc(-n2cccc2)cn1. The molecule has 0 aliphatic heterocycles. The van der Waals surface area contributed by atoms with E-state index in [1.807, 2.05) is 35.3 Å². The average Bonchev–Trinajstić information content (AvgIpc) is 2.70. The van der Waals surface area contributed by atoms with Gasteiger partial charge in [0.25, 0.3) is 0 Å². The highest BCUT2D eigenvalue weighted by Gasteiger charge is 1.98. The molecular formula is C9H11N3O. The lowest BCUT2D eigenvalue weighted by Crippen LogP contribution is -2.01. The molecule has 0 spiro atoms. The summed E-state index contributed by atoms with van der Waals surface area (Å²) in [5.41, 5.74) is 1.01. The van der Waals surface area contributed by atoms with Gasteiger partial charge >= 0.3 is 0 Å². The van der Waals surface area contributed by atoms with Gasteiger partial charge in [-0.3, -0.25) is 4.68 Å². The summed E-state index contributed by atoms with van der Waals surface area (Å²) >= 11 is 0. The van der Waals surface area contributed by atoms with Gasteiger partial charge in [0.2, 0.25) is 0 Å². The monoisotopic (exact) mass is 177 g/mol. The van der Waals surface area contributed by atoms with Crippen molar-refractivity contribution in [3.63, 3.8) is 0 Å². The number of aromatic nitrogens is 3. The van der Waals surface area contributed by atoms with E-state index in [1.165, 1.54) is 0 Å². The summed E-state index contributed by atoms with van der Waals surface area (Å²) in [7, 11) is 0. The summed E-state index contributed by atoms with van der Waals surface area (Å²) in [6, 6.07) is 3.92. The minimum atomic E-state index is 0.118. The van der Waals surface area contributed by atoms with E-state index in [0.717, 1.165) is 5.69 Å². The fourth-order valence-corrected chi connectivity index (χ4v) is 1.22. The summed E-state index contributed by atoms with van der Waals surface area (Å²) in [4.78, 5) is 0. The Bertz CT molecular complexity index is 364. The minimum Gasteiger partial charge on any atom is -0.394 e. The highest BCUT2D eigenvalue weighted by molar-refractivity contribution is 5.26. The Morgan fingerprint density at radius 3 is 2.77 bits per heavy atom. The van der Waals surface area contributed by atoms with Gasteiger partial charge in [0.1, 0.15) is 0 Å². The van der Waals surface area contributed by atoms with E-state index in [2.05, 4.69) is 5.10 Å². The fraction of sp³-hybridized carbons (Fsp3) is 0.222. The van der Waals surface area contributed by atoms with Crippen LogP contribution < -0.4 is 0 Å². The molecule has 4 heteroatoms. The normalized spacial score (nSPS) is 10.5. The molecule has 0 amide bonds. The average molecular weight is 177 g/mol. The van der Waals surface area contributed by atoms with Crippen molar-refractivity contribution in [2.75, 3.05) is 6.61 Å². The highest BCUT2D eigenvalue weighted by atomic mass is 16.3. The quantitative estimate of drug-likeness (QED) is 0.748. The molecule has 2 rings (SSSR count). The van der Waals surface area contributed by atoms with Gasteiger partial charge in [-0.2, -0.15) is 5.10 Å². The maximum Gasteiger partial charge on any atom is 0.0833 e. The van der Waals surface area contributed by atoms with Crippen LogP contribution in [0.3, 0.4) is 0 Å². The number of nitrogens with zero attached hydrogens (tertiary/aromatic N) is 3. The van der Waals surface area contributed by atoms with Crippen molar-refractivity contribution < 1.29 is 5.11 Å². The van der Waals surface area contributed by atoms with Crippen LogP contribution >= 0.6 is 0 Å². The van der Waals surface area contributed by atoms with Crippen molar-refractivity contribution in [2.24, 2.45) is 0 Å². The van der Waals surface area contributed by atoms with E-state index in [4.69, 9.17) is 5.11 Å². The Balaban J connectivity index is 2.23. The van der Waals surface area contributed by atoms with Crippen molar-refractivity contribution in [1.82, 2.24) is 14.3 Å². The molecule has 0 saturated heterocycles. The third-order valence-electron chi connectivity index (χ3n) is 1.85. The second-order valence-corrected chi connectivity index (χ2v) is 2.78. The van der Waals surface area contributed by atoms with Crippen molar-refractivity contribution in [3.05, 3.63) is 36.9 Å². The Morgan fingerprint density at radius 1 is 1.31 bits per heavy atom. The second-order valence-electron chi connectivity index (χ2n) is 2.78. The van der Waals surface area contributed by atoms with Crippen LogP contribution in [0.25, 0.3) is 5.69 Å². The fourth-order valence-electron chi connectivity index (χ4n) is 1.22. The first kappa shape index (κ1) is 8.07. The Kier molecular flexibility index (Phi) is 2.14. The molecule has 0 fully saturated rings. The Morgan fingerprint density at radius 2 is 2.08 bits per heavy atom. The van der Waals surface area contributed by atoms with Crippen LogP contribution in [0.1, 0.15) is 0 Å². The summed E-state index contributed by atoms with van der Waals surface area (Å²) in [5.74, 6) is 0. The van der Waals surface area contributed by atoms with E-state index < -0.39 is 0 Å². The lowest BCUT2D eigenvalue weighted by molar-refractivity contribution is 0.269. The first-order valence-electron chi connectivity index (χ1n) is 4.17. The molecule has 0 atom stereocenters. The van der Waals surface area contributed by atoms with E-state index in [1.54, 1.807) is 10.9 Å². The topological polar surface area (TPSA) is 43.0 Å². The van der Waals surface area contributed by atoms with Gasteiger partial charge in [-0.15, -0.1) is 0 Å². The first-order valence-corrected chi connectivity index (χ1v) is 4.17. The zero-order valence-electron chi connectivity index (χ0n) is 7.17. The molecule has 2 aromatic heterocycles. The molecule has 1 N–H and O–H groups in total. The number of hydrogen-bond donors (Lipinski definition) is 1. The van der Waals surface area contributed by atoms with Crippen LogP contribution in [0.2, 0.25) is 0 Å². The van der Waals surface area contributed by atoms with Gasteiger partial charge in [0.05, 0.1) is 25.0 Å². The van der Waals surface area contributed by atoms with E-state index in [0.29, 0.717) is 6.54 Å². The zero-order chi connectivity index (χ0) is 9.10. The Hall–Kier alpha value is -1.55. The van der Waals surface area contributed by atoms with Crippen LogP contribution in [-0.2, 0) is 6.54 Å². The van der Waals surface area contributed by atoms with Gasteiger partial charge in [-0.05, 0) is 12.1 Å². The van der Waals surface area contributed by atoms with Crippen molar-refractivity contribution in [3.8, 4) is 5.69 Å². The van der Waals surface area contributed by atoms with Crippen molar-refractivity contribution in [1.29, 1.82) is 0 Å². The third kappa shape index (κ3) is 1.62. The first-order chi connectivity index (χ1) is 6.40. The second kappa shape index (κ2) is 3.45. The van der Waals surface area contributed by atoms with Crippen LogP contribution in [0.15, 0.2) is 36.9 Å². The Labute approximate surface area is 76.0 Å². The summed E-state index contributed by atoms with van der Waals surface area (Å²) in [6.07, 6.45) is 7.59. The molecule has 68 valence electrons. The lowest BCUT2D eigenvalue weighted by atomic mass is 10.5. The van der Waals surface area contributed by atoms with Crippen molar-refractivity contribution >= 4 is 0 Å². The lowest BCUT2D eigenvalue weighted by Gasteiger charge is -1.96. The van der Waals surface area contributed by atoms with Crippen LogP contribution in [0.5, 0.6) is 0 Å². The maximum atomic E-state index is 8.69. The van der Waals surface area contributed by atoms with Gasteiger partial charge in [0.15, 0.2) is 0 Å². The van der Waals surface area contributed by atoms with Crippen LogP contribution in [0.4, 0.5) is 0 Å². The maximum absolute atomic E-state index is 8.69. The molecule has 2 heterocycles. The van der Waals surface area contributed by atoms with Gasteiger partial charge in [-0.25, -0.2) is 0 Å². The highest BCUT2D eigenvalue weighted by Crippen LogP contribution is 2.05. The number of aliphatic hydroxyl groups is 1. The molecule has 0 radical (unpaired) electrons. The standard InChI is InChI=1S/C9H11N3O/c13-6-5-12-8-9(7-10-12)11-3-1-2-4-11/h1-4,7-8,13H,5-6H2. The largest absolute Gasteiger partial charge is 0.394 e. The summed E-state index contributed by atoms with van der Waals surface area (Å²) in [5, 5.41) is 12.8. The molecule has 0 unspecified atom stereocenters. The molecular weight excluding hydrogens is 166 g/mol. The molecule has 0 aliphatic rings. The zero-order valence-corrected chi connectivity index (χ0v) is 7.17. The number of aliphatic hydroxyl groups excluding tert-OH is 1. The van der Waals surface area contributed by atoms with Crippen molar-refractivity contribution in [2.45, 2.75) is 6.54 Å². The smallest absolute Gasteiger partial charge is 0.0833 e. The molecule has 0 bridgehead atoms. The molecule has 0 aromatic carbocycles. The molecule has 0 saturated carbocycles. The molecule has 2 aromatic rings. The van der Waals surface area contributed by atoms with Crippen LogP contribution in [0, 0.1) is 0 Å². The van der Waals surface area contributed by atoms with Gasteiger partial charge in [0, 0.05) is 18.6 Å². The predicted molar refractivity (Wildman–Crippen MR) is 48.6 cm³/mol. The minimum absolute atomic E-state index is 0.118. The predicted octanol–water partition coefficient (Wildman–Crippen LogP) is 0.666. The van der Waals surface area contributed by atoms with Gasteiger partial charge in [-0.1, -0.05) is 0 Å². The third-order valence-corrected chi connectivity index (χ3v) is 1.85. The molecule has 0 aliphatic carbocycles. The van der Waals surface area contributed by atoms with E-state index >= 15 is 0 Å². The number of rotatable bonds is 3. The summed E-state index contributed by atoms with van der Waals surface area (Å²) < 4.78 is 3.69. The van der Waals surface area contributed by atoms with Crippen LogP contribution in [-0.4, -0.2) is 26.1 Å². The molecule has 4 nitrogen and oxygen atoms in total. The van der Waals surface area contributed by atoms with Gasteiger partial charge < -0.3 is 9.67 Å². The van der Waals surface area contributed by atoms with E-state index in [-0.39, 0.29) is 6.61 Å². The molecule has 13 heavy (non-hydrogen) atoms.